The van der Waals surface area contributed by atoms with Crippen molar-refractivity contribution in [3.63, 3.8) is 0 Å². The molecule has 4 aliphatic rings. The highest BCUT2D eigenvalue weighted by atomic mass is 35.5. The number of benzene rings is 2. The van der Waals surface area contributed by atoms with E-state index in [0.29, 0.717) is 35.4 Å². The highest BCUT2D eigenvalue weighted by molar-refractivity contribution is 6.35. The summed E-state index contributed by atoms with van der Waals surface area (Å²) in [4.78, 5) is 45.7. The Hall–Kier alpha value is -2.91. The smallest absolute Gasteiger partial charge is 0.246 e. The molecule has 1 aliphatic carbocycles. The van der Waals surface area contributed by atoms with Crippen LogP contribution in [0.15, 0.2) is 60.7 Å². The zero-order valence-electron chi connectivity index (χ0n) is 23.6. The molecule has 3 aliphatic heterocycles. The van der Waals surface area contributed by atoms with Crippen LogP contribution in [0.25, 0.3) is 0 Å². The minimum Gasteiger partial charge on any atom is -0.359 e. The van der Waals surface area contributed by atoms with Gasteiger partial charge in [0, 0.05) is 41.4 Å². The van der Waals surface area contributed by atoms with Crippen molar-refractivity contribution in [2.45, 2.75) is 62.4 Å². The lowest BCUT2D eigenvalue weighted by Crippen LogP contribution is -2.57. The Balaban J connectivity index is 1.25. The Bertz CT molecular complexity index is 1360. The summed E-state index contributed by atoms with van der Waals surface area (Å²) >= 11 is 12.3. The molecule has 1 spiro atoms. The fourth-order valence-corrected chi connectivity index (χ4v) is 7.67. The molecular weight excluding hydrogens is 575 g/mol. The van der Waals surface area contributed by atoms with Crippen LogP contribution in [0, 0.1) is 11.8 Å². The van der Waals surface area contributed by atoms with Crippen LogP contribution in [0.3, 0.4) is 0 Å². The Morgan fingerprint density at radius 3 is 2.48 bits per heavy atom. The normalized spacial score (nSPS) is 28.4. The average Bonchev–Trinajstić information content (AvgIpc) is 3.59. The predicted molar refractivity (Wildman–Crippen MR) is 162 cm³/mol. The molecule has 3 fully saturated rings. The lowest BCUT2D eigenvalue weighted by molar-refractivity contribution is -0.141. The van der Waals surface area contributed by atoms with Crippen molar-refractivity contribution >= 4 is 46.6 Å². The molecule has 3 amide bonds. The van der Waals surface area contributed by atoms with Gasteiger partial charge in [-0.1, -0.05) is 84.9 Å². The summed E-state index contributed by atoms with van der Waals surface area (Å²) < 4.78 is 6.47. The first-order chi connectivity index (χ1) is 20.2. The molecule has 2 aromatic rings. The van der Waals surface area contributed by atoms with Gasteiger partial charge in [-0.2, -0.15) is 0 Å². The zero-order chi connectivity index (χ0) is 29.4. The molecule has 222 valence electrons. The average molecular weight is 612 g/mol. The summed E-state index contributed by atoms with van der Waals surface area (Å²) in [5.41, 5.74) is 0.402. The van der Waals surface area contributed by atoms with Crippen LogP contribution in [0.1, 0.15) is 37.7 Å². The molecule has 0 aromatic heterocycles. The van der Waals surface area contributed by atoms with E-state index < -0.39 is 29.6 Å². The second-order valence-corrected chi connectivity index (χ2v) is 12.8. The fourth-order valence-electron chi connectivity index (χ4n) is 7.14. The van der Waals surface area contributed by atoms with E-state index in [2.05, 4.69) is 27.7 Å². The molecule has 0 radical (unpaired) electrons. The summed E-state index contributed by atoms with van der Waals surface area (Å²) in [5.74, 6) is -2.42. The molecular formula is C32H36Cl2N4O4. The number of likely N-dealkylation sites (tertiary alicyclic amines) is 1. The van der Waals surface area contributed by atoms with Gasteiger partial charge in [-0.25, -0.2) is 0 Å². The number of amides is 3. The first kappa shape index (κ1) is 29.2. The van der Waals surface area contributed by atoms with Crippen molar-refractivity contribution < 1.29 is 19.1 Å². The third-order valence-corrected chi connectivity index (χ3v) is 9.46. The number of rotatable bonds is 9. The lowest BCUT2D eigenvalue weighted by Gasteiger charge is -2.34. The minimum atomic E-state index is -1.20. The molecule has 42 heavy (non-hydrogen) atoms. The number of fused-ring (bicyclic) bond motifs is 1. The van der Waals surface area contributed by atoms with Crippen molar-refractivity contribution in [1.82, 2.24) is 15.1 Å². The van der Waals surface area contributed by atoms with Crippen LogP contribution < -0.4 is 10.6 Å². The van der Waals surface area contributed by atoms with Crippen LogP contribution >= 0.6 is 23.2 Å². The Morgan fingerprint density at radius 1 is 1.05 bits per heavy atom. The van der Waals surface area contributed by atoms with Gasteiger partial charge in [0.25, 0.3) is 0 Å². The first-order valence-corrected chi connectivity index (χ1v) is 15.5. The molecule has 2 aromatic carbocycles. The maximum absolute atomic E-state index is 14.2. The quantitative estimate of drug-likeness (QED) is 0.403. The molecule has 2 N–H and O–H groups in total. The van der Waals surface area contributed by atoms with E-state index in [-0.39, 0.29) is 23.8 Å². The minimum absolute atomic E-state index is 0.0775. The third kappa shape index (κ3) is 5.57. The fraction of sp³-hybridized carbons (Fsp3) is 0.469. The van der Waals surface area contributed by atoms with E-state index in [1.165, 1.54) is 6.42 Å². The summed E-state index contributed by atoms with van der Waals surface area (Å²) in [6.07, 6.45) is 8.23. The van der Waals surface area contributed by atoms with Crippen molar-refractivity contribution in [1.29, 1.82) is 0 Å². The number of anilines is 1. The number of halogens is 2. The van der Waals surface area contributed by atoms with Gasteiger partial charge in [0.1, 0.15) is 11.6 Å². The van der Waals surface area contributed by atoms with Crippen molar-refractivity contribution in [2.75, 3.05) is 25.5 Å². The van der Waals surface area contributed by atoms with Gasteiger partial charge >= 0.3 is 0 Å². The van der Waals surface area contributed by atoms with Gasteiger partial charge < -0.3 is 25.2 Å². The molecule has 6 rings (SSSR count). The number of ether oxygens (including phenoxy) is 1. The summed E-state index contributed by atoms with van der Waals surface area (Å²) in [7, 11) is 2.00. The van der Waals surface area contributed by atoms with Crippen LogP contribution in [-0.2, 0) is 25.7 Å². The Morgan fingerprint density at radius 2 is 1.76 bits per heavy atom. The summed E-state index contributed by atoms with van der Waals surface area (Å²) in [6, 6.07) is 14.1. The number of nitrogens with zero attached hydrogens (tertiary/aromatic N) is 2. The molecule has 2 saturated heterocycles. The largest absolute Gasteiger partial charge is 0.359 e. The standard InChI is InChI=1S/C32H36Cl2N4O4/c1-37(19-20-8-4-2-5-9-20)14-15-38-28(30(40)35-23-10-6-3-7-11-23)32-13-12-25(42-32)26(27(32)31(38)41)29(39)36-24-17-21(33)16-22(34)18-24/h2,4-5,8-9,12-13,16-18,23,25-28H,3,6-7,10-11,14-15,19H2,1H3,(H,35,40)(H,36,39). The van der Waals surface area contributed by atoms with Crippen molar-refractivity contribution in [3.05, 3.63) is 76.3 Å². The predicted octanol–water partition coefficient (Wildman–Crippen LogP) is 4.66. The SMILES string of the molecule is CN(CCN1C(=O)C2C(C(=O)Nc3cc(Cl)cc(Cl)c3)C3C=CC2(O3)C1C(=O)NC1CCCCC1)Cc1ccccc1. The molecule has 3 heterocycles. The number of carbonyl (C=O) groups is 3. The maximum atomic E-state index is 14.2. The van der Waals surface area contributed by atoms with Gasteiger partial charge in [-0.05, 0) is 43.7 Å². The summed E-state index contributed by atoms with van der Waals surface area (Å²) in [6.45, 7) is 1.60. The number of carbonyl (C=O) groups excluding carboxylic acids is 3. The van der Waals surface area contributed by atoms with Gasteiger partial charge in [0.15, 0.2) is 0 Å². The topological polar surface area (TPSA) is 91.0 Å². The molecule has 5 atom stereocenters. The van der Waals surface area contributed by atoms with Crippen molar-refractivity contribution in [2.24, 2.45) is 11.8 Å². The number of hydrogen-bond acceptors (Lipinski definition) is 5. The number of hydrogen-bond donors (Lipinski definition) is 2. The van der Waals surface area contributed by atoms with Gasteiger partial charge in [-0.15, -0.1) is 0 Å². The molecule has 10 heteroatoms. The van der Waals surface area contributed by atoms with Gasteiger partial charge in [0.2, 0.25) is 17.7 Å². The highest BCUT2D eigenvalue weighted by Crippen LogP contribution is 2.55. The second kappa shape index (κ2) is 12.0. The molecule has 8 nitrogen and oxygen atoms in total. The number of nitrogens with one attached hydrogen (secondary N) is 2. The maximum Gasteiger partial charge on any atom is 0.246 e. The van der Waals surface area contributed by atoms with Crippen LogP contribution in [0.5, 0.6) is 0 Å². The van der Waals surface area contributed by atoms with E-state index >= 15 is 0 Å². The van der Waals surface area contributed by atoms with Crippen molar-refractivity contribution in [3.8, 4) is 0 Å². The Labute approximate surface area is 256 Å². The zero-order valence-corrected chi connectivity index (χ0v) is 25.1. The van der Waals surface area contributed by atoms with Crippen LogP contribution in [0.4, 0.5) is 5.69 Å². The number of likely N-dealkylation sites (N-methyl/N-ethyl adjacent to an activating group) is 1. The first-order valence-electron chi connectivity index (χ1n) is 14.7. The molecule has 5 unspecified atom stereocenters. The van der Waals surface area contributed by atoms with Gasteiger partial charge in [-0.3, -0.25) is 14.4 Å². The molecule has 1 saturated carbocycles. The second-order valence-electron chi connectivity index (χ2n) is 11.9. The van der Waals surface area contributed by atoms with E-state index in [1.54, 1.807) is 23.1 Å². The Kier molecular flexibility index (Phi) is 8.33. The van der Waals surface area contributed by atoms with E-state index in [9.17, 15) is 14.4 Å². The van der Waals surface area contributed by atoms with Gasteiger partial charge in [0.05, 0.1) is 17.9 Å². The van der Waals surface area contributed by atoms with E-state index in [0.717, 1.165) is 31.2 Å². The highest BCUT2D eigenvalue weighted by Gasteiger charge is 2.72. The molecule has 2 bridgehead atoms. The third-order valence-electron chi connectivity index (χ3n) is 9.02. The van der Waals surface area contributed by atoms with E-state index in [1.807, 2.05) is 37.4 Å². The summed E-state index contributed by atoms with van der Waals surface area (Å²) in [5, 5.41) is 6.90. The van der Waals surface area contributed by atoms with E-state index in [4.69, 9.17) is 27.9 Å². The monoisotopic (exact) mass is 610 g/mol. The van der Waals surface area contributed by atoms with Crippen LogP contribution in [-0.4, -0.2) is 71.4 Å². The van der Waals surface area contributed by atoms with Crippen LogP contribution in [0.2, 0.25) is 10.0 Å². The lowest BCUT2D eigenvalue weighted by atomic mass is 9.74.